The molecule has 1 aromatic rings. The molecule has 1 heterocycles. The number of fused-ring (bicyclic) bond motifs is 1. The van der Waals surface area contributed by atoms with Crippen molar-refractivity contribution in [3.05, 3.63) is 29.3 Å². The third kappa shape index (κ3) is 4.07. The molecule has 1 aromatic carbocycles. The van der Waals surface area contributed by atoms with Crippen LogP contribution in [-0.2, 0) is 11.2 Å². The van der Waals surface area contributed by atoms with E-state index in [1.807, 2.05) is 6.07 Å². The smallest absolute Gasteiger partial charge is 0.228 e. The van der Waals surface area contributed by atoms with Crippen LogP contribution in [0.3, 0.4) is 0 Å². The SMILES string of the molecule is CCCCCCCC(Br)c1ccc2c(c1)CC(=O)N2. The Hall–Kier alpha value is -0.830. The molecule has 1 aliphatic rings. The van der Waals surface area contributed by atoms with Gasteiger partial charge in [-0.2, -0.15) is 0 Å². The molecular formula is C16H22BrNO. The first-order valence-electron chi connectivity index (χ1n) is 7.27. The largest absolute Gasteiger partial charge is 0.326 e. The van der Waals surface area contributed by atoms with Crippen molar-refractivity contribution in [3.63, 3.8) is 0 Å². The maximum Gasteiger partial charge on any atom is 0.228 e. The summed E-state index contributed by atoms with van der Waals surface area (Å²) < 4.78 is 0. The fraction of sp³-hybridized carbons (Fsp3) is 0.562. The summed E-state index contributed by atoms with van der Waals surface area (Å²) in [6.07, 6.45) is 8.27. The predicted molar refractivity (Wildman–Crippen MR) is 83.8 cm³/mol. The summed E-state index contributed by atoms with van der Waals surface area (Å²) in [5.74, 6) is 0.109. The molecule has 0 spiro atoms. The van der Waals surface area contributed by atoms with Gasteiger partial charge in [0.2, 0.25) is 5.91 Å². The maximum atomic E-state index is 11.3. The molecule has 0 saturated heterocycles. The van der Waals surface area contributed by atoms with Gasteiger partial charge in [-0.25, -0.2) is 0 Å². The van der Waals surface area contributed by atoms with Crippen LogP contribution in [0.15, 0.2) is 18.2 Å². The number of unbranched alkanes of at least 4 members (excludes halogenated alkanes) is 4. The van der Waals surface area contributed by atoms with Crippen LogP contribution in [0.5, 0.6) is 0 Å². The van der Waals surface area contributed by atoms with Crippen LogP contribution < -0.4 is 5.32 Å². The number of benzene rings is 1. The Kier molecular flexibility index (Phi) is 5.44. The minimum absolute atomic E-state index is 0.109. The molecule has 0 fully saturated rings. The number of alkyl halides is 1. The molecule has 3 heteroatoms. The van der Waals surface area contributed by atoms with Crippen molar-refractivity contribution < 1.29 is 4.79 Å². The molecule has 0 bridgehead atoms. The van der Waals surface area contributed by atoms with Crippen LogP contribution in [-0.4, -0.2) is 5.91 Å². The van der Waals surface area contributed by atoms with E-state index in [9.17, 15) is 4.79 Å². The Balaban J connectivity index is 1.84. The summed E-state index contributed by atoms with van der Waals surface area (Å²) in [5, 5.41) is 2.88. The van der Waals surface area contributed by atoms with E-state index in [0.717, 1.165) is 11.3 Å². The summed E-state index contributed by atoms with van der Waals surface area (Å²) in [7, 11) is 0. The molecule has 1 amide bonds. The number of nitrogens with one attached hydrogen (secondary N) is 1. The first kappa shape index (κ1) is 14.6. The number of hydrogen-bond acceptors (Lipinski definition) is 1. The van der Waals surface area contributed by atoms with Gasteiger partial charge in [-0.1, -0.05) is 67.1 Å². The molecule has 19 heavy (non-hydrogen) atoms. The lowest BCUT2D eigenvalue weighted by Crippen LogP contribution is -2.03. The summed E-state index contributed by atoms with van der Waals surface area (Å²) in [6, 6.07) is 6.31. The number of anilines is 1. The van der Waals surface area contributed by atoms with Crippen LogP contribution in [0, 0.1) is 0 Å². The van der Waals surface area contributed by atoms with Gasteiger partial charge < -0.3 is 5.32 Å². The molecule has 104 valence electrons. The fourth-order valence-electron chi connectivity index (χ4n) is 2.54. The maximum absolute atomic E-state index is 11.3. The molecule has 0 radical (unpaired) electrons. The third-order valence-electron chi connectivity index (χ3n) is 3.68. The average molecular weight is 324 g/mol. The van der Waals surface area contributed by atoms with Crippen LogP contribution in [0.25, 0.3) is 0 Å². The molecular weight excluding hydrogens is 302 g/mol. The van der Waals surface area contributed by atoms with Crippen molar-refractivity contribution in [2.75, 3.05) is 5.32 Å². The van der Waals surface area contributed by atoms with Crippen molar-refractivity contribution >= 4 is 27.5 Å². The van der Waals surface area contributed by atoms with Gasteiger partial charge in [-0.15, -0.1) is 0 Å². The number of carbonyl (C=O) groups excluding carboxylic acids is 1. The second kappa shape index (κ2) is 7.09. The van der Waals surface area contributed by atoms with E-state index in [1.54, 1.807) is 0 Å². The third-order valence-corrected chi connectivity index (χ3v) is 4.66. The summed E-state index contributed by atoms with van der Waals surface area (Å²) in [5.41, 5.74) is 3.42. The number of halogens is 1. The highest BCUT2D eigenvalue weighted by atomic mass is 79.9. The Morgan fingerprint density at radius 3 is 2.84 bits per heavy atom. The van der Waals surface area contributed by atoms with E-state index in [1.165, 1.54) is 44.1 Å². The first-order chi connectivity index (χ1) is 9.20. The Bertz CT molecular complexity index is 444. The van der Waals surface area contributed by atoms with Gasteiger partial charge in [0, 0.05) is 10.5 Å². The lowest BCUT2D eigenvalue weighted by atomic mass is 10.0. The second-order valence-corrected chi connectivity index (χ2v) is 6.42. The zero-order valence-corrected chi connectivity index (χ0v) is 13.1. The van der Waals surface area contributed by atoms with E-state index < -0.39 is 0 Å². The van der Waals surface area contributed by atoms with Crippen LogP contribution in [0.2, 0.25) is 0 Å². The van der Waals surface area contributed by atoms with Crippen molar-refractivity contribution in [2.45, 2.75) is 56.7 Å². The molecule has 2 rings (SSSR count). The number of hydrogen-bond donors (Lipinski definition) is 1. The van der Waals surface area contributed by atoms with Gasteiger partial charge in [0.25, 0.3) is 0 Å². The fourth-order valence-corrected chi connectivity index (χ4v) is 3.15. The van der Waals surface area contributed by atoms with E-state index in [0.29, 0.717) is 11.2 Å². The molecule has 1 N–H and O–H groups in total. The molecule has 1 unspecified atom stereocenters. The van der Waals surface area contributed by atoms with Crippen molar-refractivity contribution in [1.82, 2.24) is 0 Å². The Labute approximate surface area is 124 Å². The first-order valence-corrected chi connectivity index (χ1v) is 8.19. The lowest BCUT2D eigenvalue weighted by Gasteiger charge is -2.11. The zero-order chi connectivity index (χ0) is 13.7. The topological polar surface area (TPSA) is 29.1 Å². The lowest BCUT2D eigenvalue weighted by molar-refractivity contribution is -0.115. The Morgan fingerprint density at radius 2 is 2.05 bits per heavy atom. The second-order valence-electron chi connectivity index (χ2n) is 5.31. The normalized spacial score (nSPS) is 15.2. The van der Waals surface area contributed by atoms with Gasteiger partial charge in [-0.3, -0.25) is 4.79 Å². The van der Waals surface area contributed by atoms with Crippen LogP contribution in [0.1, 0.15) is 61.4 Å². The highest BCUT2D eigenvalue weighted by Crippen LogP contribution is 2.33. The van der Waals surface area contributed by atoms with Crippen molar-refractivity contribution in [3.8, 4) is 0 Å². The molecule has 0 aromatic heterocycles. The molecule has 2 nitrogen and oxygen atoms in total. The minimum atomic E-state index is 0.109. The van der Waals surface area contributed by atoms with E-state index in [2.05, 4.69) is 40.3 Å². The summed E-state index contributed by atoms with van der Waals surface area (Å²) in [6.45, 7) is 2.24. The Morgan fingerprint density at radius 1 is 1.26 bits per heavy atom. The number of amides is 1. The average Bonchev–Trinajstić information content (AvgIpc) is 2.77. The standard InChI is InChI=1S/C16H22BrNO/c1-2-3-4-5-6-7-14(17)12-8-9-15-13(10-12)11-16(19)18-15/h8-10,14H,2-7,11H2,1H3,(H,18,19). The van der Waals surface area contributed by atoms with E-state index in [4.69, 9.17) is 0 Å². The van der Waals surface area contributed by atoms with Gasteiger partial charge in [0.1, 0.15) is 0 Å². The minimum Gasteiger partial charge on any atom is -0.326 e. The van der Waals surface area contributed by atoms with Gasteiger partial charge in [-0.05, 0) is 23.6 Å². The number of rotatable bonds is 7. The van der Waals surface area contributed by atoms with Crippen molar-refractivity contribution in [1.29, 1.82) is 0 Å². The van der Waals surface area contributed by atoms with Crippen LogP contribution >= 0.6 is 15.9 Å². The summed E-state index contributed by atoms with van der Waals surface area (Å²) in [4.78, 5) is 11.7. The molecule has 1 aliphatic heterocycles. The molecule has 0 aliphatic carbocycles. The van der Waals surface area contributed by atoms with Crippen LogP contribution in [0.4, 0.5) is 5.69 Å². The quantitative estimate of drug-likeness (QED) is 0.556. The van der Waals surface area contributed by atoms with E-state index in [-0.39, 0.29) is 5.91 Å². The van der Waals surface area contributed by atoms with Gasteiger partial charge in [0.05, 0.1) is 6.42 Å². The highest BCUT2D eigenvalue weighted by molar-refractivity contribution is 9.09. The van der Waals surface area contributed by atoms with Gasteiger partial charge >= 0.3 is 0 Å². The highest BCUT2D eigenvalue weighted by Gasteiger charge is 2.18. The predicted octanol–water partition coefficient (Wildman–Crippen LogP) is 4.98. The monoisotopic (exact) mass is 323 g/mol. The van der Waals surface area contributed by atoms with E-state index >= 15 is 0 Å². The molecule has 1 atom stereocenters. The zero-order valence-electron chi connectivity index (χ0n) is 11.5. The molecule has 0 saturated carbocycles. The van der Waals surface area contributed by atoms with Gasteiger partial charge in [0.15, 0.2) is 0 Å². The van der Waals surface area contributed by atoms with Crippen molar-refractivity contribution in [2.24, 2.45) is 0 Å². The summed E-state index contributed by atoms with van der Waals surface area (Å²) >= 11 is 3.77. The number of carbonyl (C=O) groups is 1.